The van der Waals surface area contributed by atoms with Gasteiger partial charge in [0.1, 0.15) is 5.75 Å². The zero-order valence-electron chi connectivity index (χ0n) is 11.6. The highest BCUT2D eigenvalue weighted by Gasteiger charge is 2.21. The second-order valence-corrected chi connectivity index (χ2v) is 6.10. The molecule has 0 radical (unpaired) electrons. The van der Waals surface area contributed by atoms with Crippen LogP contribution in [-0.4, -0.2) is 66.8 Å². The van der Waals surface area contributed by atoms with Crippen LogP contribution in [0.3, 0.4) is 0 Å². The minimum absolute atomic E-state index is 0.0141. The lowest BCUT2D eigenvalue weighted by atomic mass is 10.3. The standard InChI is InChI=1S/C14H18BrClN2O3/c15-12-9-11(16)1-2-13(12)21-10-14(20)18-5-3-17(4-6-18)7-8-19/h1-2,9,19H,3-8,10H2. The summed E-state index contributed by atoms with van der Waals surface area (Å²) in [5.41, 5.74) is 0. The van der Waals surface area contributed by atoms with E-state index in [0.29, 0.717) is 30.4 Å². The first kappa shape index (κ1) is 16.5. The quantitative estimate of drug-likeness (QED) is 0.847. The minimum atomic E-state index is -0.0273. The van der Waals surface area contributed by atoms with Gasteiger partial charge in [0.15, 0.2) is 6.61 Å². The van der Waals surface area contributed by atoms with Gasteiger partial charge in [-0.2, -0.15) is 0 Å². The van der Waals surface area contributed by atoms with E-state index < -0.39 is 0 Å². The van der Waals surface area contributed by atoms with Crippen molar-refractivity contribution in [2.75, 3.05) is 45.9 Å². The van der Waals surface area contributed by atoms with Gasteiger partial charge in [0.05, 0.1) is 11.1 Å². The number of halogens is 2. The molecule has 0 aliphatic carbocycles. The van der Waals surface area contributed by atoms with Crippen LogP contribution in [0.25, 0.3) is 0 Å². The predicted molar refractivity (Wildman–Crippen MR) is 84.8 cm³/mol. The number of aliphatic hydroxyl groups excluding tert-OH is 1. The van der Waals surface area contributed by atoms with Crippen molar-refractivity contribution >= 4 is 33.4 Å². The molecule has 0 atom stereocenters. The number of benzene rings is 1. The van der Waals surface area contributed by atoms with Crippen molar-refractivity contribution in [3.63, 3.8) is 0 Å². The van der Waals surface area contributed by atoms with E-state index in [9.17, 15) is 4.79 Å². The van der Waals surface area contributed by atoms with E-state index in [1.54, 1.807) is 23.1 Å². The lowest BCUT2D eigenvalue weighted by Gasteiger charge is -2.34. The molecule has 1 N–H and O–H groups in total. The minimum Gasteiger partial charge on any atom is -0.483 e. The average molecular weight is 378 g/mol. The number of carbonyl (C=O) groups is 1. The molecule has 1 amide bonds. The first-order valence-corrected chi connectivity index (χ1v) is 7.96. The highest BCUT2D eigenvalue weighted by atomic mass is 79.9. The van der Waals surface area contributed by atoms with Crippen molar-refractivity contribution in [2.24, 2.45) is 0 Å². The lowest BCUT2D eigenvalue weighted by molar-refractivity contribution is -0.135. The molecule has 0 unspecified atom stereocenters. The van der Waals surface area contributed by atoms with Crippen LogP contribution in [0.5, 0.6) is 5.75 Å². The highest BCUT2D eigenvalue weighted by Crippen LogP contribution is 2.27. The fourth-order valence-electron chi connectivity index (χ4n) is 2.19. The maximum Gasteiger partial charge on any atom is 0.260 e. The maximum atomic E-state index is 12.1. The van der Waals surface area contributed by atoms with Crippen molar-refractivity contribution in [3.05, 3.63) is 27.7 Å². The van der Waals surface area contributed by atoms with Crippen molar-refractivity contribution < 1.29 is 14.6 Å². The van der Waals surface area contributed by atoms with Gasteiger partial charge in [0.25, 0.3) is 5.91 Å². The lowest BCUT2D eigenvalue weighted by Crippen LogP contribution is -2.50. The number of rotatable bonds is 5. The van der Waals surface area contributed by atoms with Crippen LogP contribution in [-0.2, 0) is 4.79 Å². The molecule has 0 saturated carbocycles. The molecule has 21 heavy (non-hydrogen) atoms. The average Bonchev–Trinajstić information content (AvgIpc) is 2.47. The van der Waals surface area contributed by atoms with Gasteiger partial charge < -0.3 is 14.7 Å². The van der Waals surface area contributed by atoms with E-state index in [1.165, 1.54) is 0 Å². The van der Waals surface area contributed by atoms with Gasteiger partial charge in [0.2, 0.25) is 0 Å². The molecule has 1 fully saturated rings. The Bertz CT molecular complexity index is 493. The van der Waals surface area contributed by atoms with E-state index >= 15 is 0 Å². The van der Waals surface area contributed by atoms with Crippen molar-refractivity contribution in [3.8, 4) is 5.75 Å². The van der Waals surface area contributed by atoms with Gasteiger partial charge in [-0.15, -0.1) is 0 Å². The Morgan fingerprint density at radius 2 is 2.05 bits per heavy atom. The molecule has 0 aromatic heterocycles. The molecule has 1 aliphatic heterocycles. The molecule has 1 aromatic rings. The van der Waals surface area contributed by atoms with E-state index in [4.69, 9.17) is 21.4 Å². The van der Waals surface area contributed by atoms with Crippen LogP contribution >= 0.6 is 27.5 Å². The van der Waals surface area contributed by atoms with Crippen LogP contribution in [0.2, 0.25) is 5.02 Å². The van der Waals surface area contributed by atoms with Crippen LogP contribution < -0.4 is 4.74 Å². The second kappa shape index (κ2) is 7.98. The smallest absolute Gasteiger partial charge is 0.260 e. The number of β-amino-alcohol motifs (C(OH)–C–C–N with tert-alkyl or cyclic N) is 1. The number of hydrogen-bond acceptors (Lipinski definition) is 4. The zero-order valence-corrected chi connectivity index (χ0v) is 13.9. The summed E-state index contributed by atoms with van der Waals surface area (Å²) in [6.07, 6.45) is 0. The summed E-state index contributed by atoms with van der Waals surface area (Å²) in [7, 11) is 0. The number of piperazine rings is 1. The number of aliphatic hydroxyl groups is 1. The largest absolute Gasteiger partial charge is 0.483 e. The Hall–Kier alpha value is -0.820. The van der Waals surface area contributed by atoms with Crippen LogP contribution in [0, 0.1) is 0 Å². The zero-order chi connectivity index (χ0) is 15.2. The van der Waals surface area contributed by atoms with Crippen molar-refractivity contribution in [1.82, 2.24) is 9.80 Å². The van der Waals surface area contributed by atoms with Crippen molar-refractivity contribution in [2.45, 2.75) is 0 Å². The summed E-state index contributed by atoms with van der Waals surface area (Å²) in [5, 5.41) is 9.50. The fraction of sp³-hybridized carbons (Fsp3) is 0.500. The number of ether oxygens (including phenoxy) is 1. The van der Waals surface area contributed by atoms with Gasteiger partial charge in [0, 0.05) is 37.7 Å². The third-order valence-electron chi connectivity index (χ3n) is 3.39. The molecule has 116 valence electrons. The molecule has 0 spiro atoms. The SMILES string of the molecule is O=C(COc1ccc(Cl)cc1Br)N1CCN(CCO)CC1. The molecule has 2 rings (SSSR count). The number of amides is 1. The van der Waals surface area contributed by atoms with Crippen LogP contribution in [0.4, 0.5) is 0 Å². The van der Waals surface area contributed by atoms with Gasteiger partial charge in [-0.1, -0.05) is 11.6 Å². The topological polar surface area (TPSA) is 53.0 Å². The van der Waals surface area contributed by atoms with Gasteiger partial charge >= 0.3 is 0 Å². The van der Waals surface area contributed by atoms with E-state index in [2.05, 4.69) is 20.8 Å². The third-order valence-corrected chi connectivity index (χ3v) is 4.24. The molecular weight excluding hydrogens is 360 g/mol. The van der Waals surface area contributed by atoms with Crippen LogP contribution in [0.1, 0.15) is 0 Å². The Morgan fingerprint density at radius 1 is 1.33 bits per heavy atom. The second-order valence-electron chi connectivity index (χ2n) is 4.81. The molecule has 1 saturated heterocycles. The van der Waals surface area contributed by atoms with E-state index in [-0.39, 0.29) is 19.1 Å². The molecular formula is C14H18BrClN2O3. The monoisotopic (exact) mass is 376 g/mol. The predicted octanol–water partition coefficient (Wildman–Crippen LogP) is 1.62. The molecule has 0 bridgehead atoms. The summed E-state index contributed by atoms with van der Waals surface area (Å²) < 4.78 is 6.26. The van der Waals surface area contributed by atoms with Crippen molar-refractivity contribution in [1.29, 1.82) is 0 Å². The van der Waals surface area contributed by atoms with Crippen LogP contribution in [0.15, 0.2) is 22.7 Å². The molecule has 1 heterocycles. The van der Waals surface area contributed by atoms with Gasteiger partial charge in [-0.05, 0) is 34.1 Å². The van der Waals surface area contributed by atoms with E-state index in [0.717, 1.165) is 17.6 Å². The molecule has 1 aromatic carbocycles. The summed E-state index contributed by atoms with van der Waals surface area (Å²) in [5.74, 6) is 0.576. The maximum absolute atomic E-state index is 12.1. The van der Waals surface area contributed by atoms with Gasteiger partial charge in [-0.25, -0.2) is 0 Å². The summed E-state index contributed by atoms with van der Waals surface area (Å²) in [6.45, 7) is 3.75. The number of nitrogens with zero attached hydrogens (tertiary/aromatic N) is 2. The van der Waals surface area contributed by atoms with E-state index in [1.807, 2.05) is 0 Å². The number of hydrogen-bond donors (Lipinski definition) is 1. The Kier molecular flexibility index (Phi) is 6.29. The normalized spacial score (nSPS) is 16.0. The van der Waals surface area contributed by atoms with Gasteiger partial charge in [-0.3, -0.25) is 9.69 Å². The third kappa shape index (κ3) is 4.85. The Labute approximate surface area is 137 Å². The summed E-state index contributed by atoms with van der Waals surface area (Å²) in [4.78, 5) is 16.0. The fourth-order valence-corrected chi connectivity index (χ4v) is 2.98. The first-order valence-electron chi connectivity index (χ1n) is 6.79. The molecule has 7 heteroatoms. The molecule has 5 nitrogen and oxygen atoms in total. The Morgan fingerprint density at radius 3 is 2.67 bits per heavy atom. The highest BCUT2D eigenvalue weighted by molar-refractivity contribution is 9.10. The molecule has 1 aliphatic rings. The summed E-state index contributed by atoms with van der Waals surface area (Å²) in [6, 6.07) is 5.19. The Balaban J connectivity index is 1.80. The first-order chi connectivity index (χ1) is 10.1. The number of carbonyl (C=O) groups excluding carboxylic acids is 1. The summed E-state index contributed by atoms with van der Waals surface area (Å²) >= 11 is 9.21.